The highest BCUT2D eigenvalue weighted by atomic mass is 32.2. The molecule has 2 N–H and O–H groups in total. The summed E-state index contributed by atoms with van der Waals surface area (Å²) in [7, 11) is -4.41. The number of aliphatic hydroxyl groups excluding tert-OH is 1. The molecule has 6 nitrogen and oxygen atoms in total. The van der Waals surface area contributed by atoms with Crippen LogP contribution in [0.15, 0.2) is 59.5 Å². The van der Waals surface area contributed by atoms with Gasteiger partial charge in [-0.3, -0.25) is 0 Å². The molecule has 0 bridgehead atoms. The number of rotatable bonds is 7. The van der Waals surface area contributed by atoms with Crippen molar-refractivity contribution in [1.82, 2.24) is 0 Å². The van der Waals surface area contributed by atoms with Gasteiger partial charge in [-0.25, -0.2) is 4.79 Å². The van der Waals surface area contributed by atoms with Crippen LogP contribution < -0.4 is 0 Å². The molecular formula is C26H36O6S. The van der Waals surface area contributed by atoms with Crippen molar-refractivity contribution in [3.8, 4) is 0 Å². The second kappa shape index (κ2) is 9.57. The van der Waals surface area contributed by atoms with E-state index in [1.807, 2.05) is 48.5 Å². The van der Waals surface area contributed by atoms with Gasteiger partial charge in [0.05, 0.1) is 17.3 Å². The Kier molecular flexibility index (Phi) is 7.83. The summed E-state index contributed by atoms with van der Waals surface area (Å²) >= 11 is 0. The predicted octanol–water partition coefficient (Wildman–Crippen LogP) is 5.12. The summed E-state index contributed by atoms with van der Waals surface area (Å²) in [6.07, 6.45) is -0.676. The molecule has 2 rings (SSSR count). The van der Waals surface area contributed by atoms with Crippen molar-refractivity contribution in [2.24, 2.45) is 16.7 Å². The van der Waals surface area contributed by atoms with Crippen LogP contribution in [0.1, 0.15) is 76.9 Å². The summed E-state index contributed by atoms with van der Waals surface area (Å²) in [5.41, 5.74) is -1.97. The Morgan fingerprint density at radius 3 is 1.97 bits per heavy atom. The van der Waals surface area contributed by atoms with Crippen molar-refractivity contribution >= 4 is 16.1 Å². The first-order valence-corrected chi connectivity index (χ1v) is 12.5. The van der Waals surface area contributed by atoms with Crippen molar-refractivity contribution in [3.05, 3.63) is 65.7 Å². The molecular weight excluding hydrogens is 440 g/mol. The van der Waals surface area contributed by atoms with E-state index in [1.165, 1.54) is 30.3 Å². The fourth-order valence-electron chi connectivity index (χ4n) is 4.84. The molecule has 2 unspecified atom stereocenters. The second-order valence-electron chi connectivity index (χ2n) is 10.5. The Hall–Kier alpha value is -2.22. The van der Waals surface area contributed by atoms with Gasteiger partial charge >= 0.3 is 16.1 Å². The van der Waals surface area contributed by atoms with Gasteiger partial charge in [-0.15, -0.1) is 0 Å². The van der Waals surface area contributed by atoms with E-state index >= 15 is 0 Å². The maximum atomic E-state index is 12.8. The Bertz CT molecular complexity index is 1050. The van der Waals surface area contributed by atoms with Crippen LogP contribution >= 0.6 is 0 Å². The van der Waals surface area contributed by atoms with Gasteiger partial charge in [0.1, 0.15) is 4.90 Å². The lowest BCUT2D eigenvalue weighted by Gasteiger charge is -2.55. The van der Waals surface area contributed by atoms with Gasteiger partial charge < -0.3 is 14.4 Å². The van der Waals surface area contributed by atoms with Gasteiger partial charge in [0.15, 0.2) is 0 Å². The summed E-state index contributed by atoms with van der Waals surface area (Å²) < 4.78 is 30.4. The lowest BCUT2D eigenvalue weighted by Crippen LogP contribution is -2.59. The molecule has 0 saturated carbocycles. The van der Waals surface area contributed by atoms with E-state index in [9.17, 15) is 23.4 Å². The lowest BCUT2D eigenvalue weighted by atomic mass is 9.55. The molecule has 0 fully saturated rings. The molecule has 182 valence electrons. The maximum Gasteiger partial charge on any atom is 0.354 e. The zero-order chi connectivity index (χ0) is 25.2. The van der Waals surface area contributed by atoms with Gasteiger partial charge in [0, 0.05) is 5.92 Å². The number of hydrogen-bond acceptors (Lipinski definition) is 6. The molecule has 0 aliphatic carbocycles. The fourth-order valence-corrected chi connectivity index (χ4v) is 5.76. The highest BCUT2D eigenvalue weighted by molar-refractivity contribution is 7.87. The Balaban J connectivity index is 2.43. The third-order valence-corrected chi connectivity index (χ3v) is 7.53. The number of carbonyl (C=O) groups is 1. The Labute approximate surface area is 197 Å². The van der Waals surface area contributed by atoms with Gasteiger partial charge in [-0.05, 0) is 47.1 Å². The first-order valence-electron chi connectivity index (χ1n) is 11.1. The van der Waals surface area contributed by atoms with Crippen molar-refractivity contribution in [1.29, 1.82) is 0 Å². The average Bonchev–Trinajstić information content (AvgIpc) is 2.72. The standard InChI is InChI=1S/C26H36O6S/c1-8-21(26(29,24(2,3)4)25(5,6)7)22(27)19-15-12-16-20(17-19)33(30,31)32-23(28)18-13-10-9-11-14-18/h9-17,21-22,27,29H,8H2,1-7H3. The van der Waals surface area contributed by atoms with Crippen molar-refractivity contribution in [3.63, 3.8) is 0 Å². The molecule has 2 aromatic carbocycles. The monoisotopic (exact) mass is 476 g/mol. The quantitative estimate of drug-likeness (QED) is 0.538. The van der Waals surface area contributed by atoms with Crippen LogP contribution in [0.3, 0.4) is 0 Å². The largest absolute Gasteiger partial charge is 0.388 e. The minimum absolute atomic E-state index is 0.115. The van der Waals surface area contributed by atoms with E-state index in [0.717, 1.165) is 0 Å². The molecule has 0 spiro atoms. The predicted molar refractivity (Wildman–Crippen MR) is 128 cm³/mol. The molecule has 0 saturated heterocycles. The van der Waals surface area contributed by atoms with Gasteiger partial charge in [-0.2, -0.15) is 8.42 Å². The van der Waals surface area contributed by atoms with E-state index in [0.29, 0.717) is 12.0 Å². The number of benzene rings is 2. The summed E-state index contributed by atoms with van der Waals surface area (Å²) in [6.45, 7) is 13.5. The molecule has 0 amide bonds. The van der Waals surface area contributed by atoms with Crippen molar-refractivity contribution in [2.45, 2.75) is 71.5 Å². The minimum atomic E-state index is -4.41. The van der Waals surface area contributed by atoms with E-state index in [-0.39, 0.29) is 10.5 Å². The topological polar surface area (TPSA) is 101 Å². The molecule has 7 heteroatoms. The van der Waals surface area contributed by atoms with Crippen LogP contribution in [-0.2, 0) is 14.3 Å². The SMILES string of the molecule is CCC(C(O)c1cccc(S(=O)(=O)OC(=O)c2ccccc2)c1)C(O)(C(C)(C)C)C(C)(C)C. The second-order valence-corrected chi connectivity index (χ2v) is 12.0. The van der Waals surface area contributed by atoms with Crippen LogP contribution in [0.25, 0.3) is 0 Å². The summed E-state index contributed by atoms with van der Waals surface area (Å²) in [5, 5.41) is 23.2. The van der Waals surface area contributed by atoms with Crippen LogP contribution in [-0.4, -0.2) is 30.2 Å². The van der Waals surface area contributed by atoms with Crippen LogP contribution in [0.4, 0.5) is 0 Å². The molecule has 33 heavy (non-hydrogen) atoms. The summed E-state index contributed by atoms with van der Waals surface area (Å²) in [4.78, 5) is 12.0. The molecule has 2 aromatic rings. The average molecular weight is 477 g/mol. The van der Waals surface area contributed by atoms with Crippen LogP contribution in [0.2, 0.25) is 0 Å². The van der Waals surface area contributed by atoms with E-state index in [2.05, 4.69) is 0 Å². The highest BCUT2D eigenvalue weighted by Gasteiger charge is 2.55. The number of aliphatic hydroxyl groups is 2. The number of carbonyl (C=O) groups excluding carboxylic acids is 1. The highest BCUT2D eigenvalue weighted by Crippen LogP contribution is 2.53. The molecule has 0 radical (unpaired) electrons. The minimum Gasteiger partial charge on any atom is -0.388 e. The number of hydrogen-bond donors (Lipinski definition) is 2. The molecule has 0 heterocycles. The summed E-state index contributed by atoms with van der Waals surface area (Å²) in [5.74, 6) is -1.56. The van der Waals surface area contributed by atoms with Gasteiger partial charge in [0.25, 0.3) is 0 Å². The third-order valence-electron chi connectivity index (χ3n) is 6.33. The first kappa shape index (κ1) is 27.0. The molecule has 0 aromatic heterocycles. The van der Waals surface area contributed by atoms with Crippen LogP contribution in [0.5, 0.6) is 0 Å². The lowest BCUT2D eigenvalue weighted by molar-refractivity contribution is -0.201. The van der Waals surface area contributed by atoms with Gasteiger partial charge in [-0.1, -0.05) is 78.8 Å². The first-order chi connectivity index (χ1) is 15.1. The zero-order valence-corrected chi connectivity index (χ0v) is 21.3. The maximum absolute atomic E-state index is 12.8. The van der Waals surface area contributed by atoms with Crippen molar-refractivity contribution < 1.29 is 27.6 Å². The van der Waals surface area contributed by atoms with E-state index in [4.69, 9.17) is 4.18 Å². The molecule has 2 atom stereocenters. The Morgan fingerprint density at radius 1 is 0.939 bits per heavy atom. The smallest absolute Gasteiger partial charge is 0.354 e. The fraction of sp³-hybridized carbons (Fsp3) is 0.500. The third kappa shape index (κ3) is 5.48. The normalized spacial score (nSPS) is 15.1. The Morgan fingerprint density at radius 2 is 1.48 bits per heavy atom. The van der Waals surface area contributed by atoms with E-state index < -0.39 is 44.5 Å². The zero-order valence-electron chi connectivity index (χ0n) is 20.5. The van der Waals surface area contributed by atoms with Crippen molar-refractivity contribution in [2.75, 3.05) is 0 Å². The van der Waals surface area contributed by atoms with Crippen LogP contribution in [0, 0.1) is 16.7 Å². The van der Waals surface area contributed by atoms with E-state index in [1.54, 1.807) is 24.3 Å². The summed E-state index contributed by atoms with van der Waals surface area (Å²) in [6, 6.07) is 13.5. The molecule has 0 aliphatic rings. The van der Waals surface area contributed by atoms with Gasteiger partial charge in [0.2, 0.25) is 0 Å². The molecule has 0 aliphatic heterocycles.